The Morgan fingerprint density at radius 1 is 1.14 bits per heavy atom. The number of halogens is 3. The summed E-state index contributed by atoms with van der Waals surface area (Å²) in [5.74, 6) is 0.0462. The maximum atomic E-state index is 13.6. The molecule has 1 saturated heterocycles. The molecule has 42 heavy (non-hydrogen) atoms. The molecule has 1 saturated carbocycles. The quantitative estimate of drug-likeness (QED) is 0.261. The highest BCUT2D eigenvalue weighted by Gasteiger charge is 2.38. The summed E-state index contributed by atoms with van der Waals surface area (Å²) in [6.07, 6.45) is 4.38. The molecule has 0 unspecified atom stereocenters. The van der Waals surface area contributed by atoms with Crippen molar-refractivity contribution < 1.29 is 32.6 Å². The average molecular weight is 618 g/mol. The molecule has 8 nitrogen and oxygen atoms in total. The van der Waals surface area contributed by atoms with E-state index in [0.29, 0.717) is 46.5 Å². The van der Waals surface area contributed by atoms with E-state index >= 15 is 0 Å². The lowest BCUT2D eigenvalue weighted by Gasteiger charge is -2.26. The lowest BCUT2D eigenvalue weighted by molar-refractivity contribution is -0.151. The fraction of sp³-hybridized carbons (Fsp3) is 0.367. The van der Waals surface area contributed by atoms with Crippen molar-refractivity contribution >= 4 is 35.2 Å². The second-order valence-corrected chi connectivity index (χ2v) is 11.7. The SMILES string of the molecule is NCc1cccc(C(=O)N2CCS[C@H]2C(=O)O[C@@H](Cc2ccncc2Cl)c2ccc(OC(F)F)c(OCC3CC3)c2)c1. The van der Waals surface area contributed by atoms with Gasteiger partial charge in [-0.1, -0.05) is 29.8 Å². The molecule has 2 atom stereocenters. The summed E-state index contributed by atoms with van der Waals surface area (Å²) in [5, 5.41) is -0.491. The van der Waals surface area contributed by atoms with E-state index in [4.69, 9.17) is 26.8 Å². The van der Waals surface area contributed by atoms with Crippen molar-refractivity contribution in [3.05, 3.63) is 88.2 Å². The summed E-state index contributed by atoms with van der Waals surface area (Å²) >= 11 is 7.70. The molecule has 2 aromatic carbocycles. The Bertz CT molecular complexity index is 1430. The van der Waals surface area contributed by atoms with Gasteiger partial charge in [0.15, 0.2) is 16.9 Å². The number of carbonyl (C=O) groups excluding carboxylic acids is 2. The summed E-state index contributed by atoms with van der Waals surface area (Å²) < 4.78 is 42.8. The molecule has 12 heteroatoms. The van der Waals surface area contributed by atoms with Gasteiger partial charge in [0.05, 0.1) is 11.6 Å². The summed E-state index contributed by atoms with van der Waals surface area (Å²) in [6.45, 7) is -2.01. The van der Waals surface area contributed by atoms with Crippen molar-refractivity contribution in [2.45, 2.75) is 43.9 Å². The third kappa shape index (κ3) is 7.50. The van der Waals surface area contributed by atoms with E-state index in [0.717, 1.165) is 18.4 Å². The number of aromatic nitrogens is 1. The number of nitrogens with two attached hydrogens (primary N) is 1. The number of rotatable bonds is 12. The number of hydrogen-bond donors (Lipinski definition) is 1. The van der Waals surface area contributed by atoms with Crippen LogP contribution in [-0.2, 0) is 22.5 Å². The van der Waals surface area contributed by atoms with Crippen LogP contribution in [0.1, 0.15) is 46.0 Å². The first kappa shape index (κ1) is 30.1. The van der Waals surface area contributed by atoms with E-state index in [2.05, 4.69) is 9.72 Å². The molecule has 0 radical (unpaired) electrons. The summed E-state index contributed by atoms with van der Waals surface area (Å²) in [5.41, 5.74) is 8.15. The van der Waals surface area contributed by atoms with Gasteiger partial charge in [0.2, 0.25) is 0 Å². The zero-order valence-corrected chi connectivity index (χ0v) is 24.2. The van der Waals surface area contributed by atoms with Crippen LogP contribution in [0.5, 0.6) is 11.5 Å². The molecule has 0 bridgehead atoms. The third-order valence-electron chi connectivity index (χ3n) is 7.01. The number of pyridine rings is 1. The molecule has 1 aliphatic carbocycles. The van der Waals surface area contributed by atoms with E-state index in [1.165, 1.54) is 28.9 Å². The number of alkyl halides is 2. The van der Waals surface area contributed by atoms with E-state index < -0.39 is 24.1 Å². The van der Waals surface area contributed by atoms with E-state index in [9.17, 15) is 18.4 Å². The van der Waals surface area contributed by atoms with Crippen LogP contribution < -0.4 is 15.2 Å². The minimum atomic E-state index is -3.03. The highest BCUT2D eigenvalue weighted by molar-refractivity contribution is 8.00. The van der Waals surface area contributed by atoms with Crippen molar-refractivity contribution in [2.24, 2.45) is 11.7 Å². The molecular formula is C30H30ClF2N3O5S. The fourth-order valence-corrected chi connectivity index (χ4v) is 5.88. The maximum Gasteiger partial charge on any atom is 0.387 e. The van der Waals surface area contributed by atoms with Crippen LogP contribution in [0.3, 0.4) is 0 Å². The molecule has 222 valence electrons. The lowest BCUT2D eigenvalue weighted by atomic mass is 10.0. The number of esters is 1. The lowest BCUT2D eigenvalue weighted by Crippen LogP contribution is -2.40. The monoisotopic (exact) mass is 617 g/mol. The molecule has 2 heterocycles. The average Bonchev–Trinajstić information content (AvgIpc) is 3.69. The van der Waals surface area contributed by atoms with E-state index in [1.54, 1.807) is 42.6 Å². The number of thioether (sulfide) groups is 1. The van der Waals surface area contributed by atoms with Crippen LogP contribution in [0.25, 0.3) is 0 Å². The topological polar surface area (TPSA) is 104 Å². The normalized spacial score (nSPS) is 17.3. The molecule has 2 fully saturated rings. The number of nitrogens with zero attached hydrogens (tertiary/aromatic N) is 2. The maximum absolute atomic E-state index is 13.6. The summed E-state index contributed by atoms with van der Waals surface area (Å²) in [6, 6.07) is 13.2. The van der Waals surface area contributed by atoms with Gasteiger partial charge in [0.25, 0.3) is 5.91 Å². The van der Waals surface area contributed by atoms with Crippen molar-refractivity contribution in [1.82, 2.24) is 9.88 Å². The zero-order chi connectivity index (χ0) is 29.6. The third-order valence-corrected chi connectivity index (χ3v) is 8.53. The van der Waals surface area contributed by atoms with Gasteiger partial charge in [-0.3, -0.25) is 9.78 Å². The number of hydrogen-bond acceptors (Lipinski definition) is 8. The van der Waals surface area contributed by atoms with Gasteiger partial charge < -0.3 is 24.8 Å². The molecular weight excluding hydrogens is 588 g/mol. The number of benzene rings is 2. The zero-order valence-electron chi connectivity index (χ0n) is 22.6. The van der Waals surface area contributed by atoms with Crippen LogP contribution in [0, 0.1) is 5.92 Å². The Kier molecular flexibility index (Phi) is 9.81. The van der Waals surface area contributed by atoms with Crippen LogP contribution in [0.4, 0.5) is 8.78 Å². The second-order valence-electron chi connectivity index (χ2n) is 10.1. The second kappa shape index (κ2) is 13.7. The number of ether oxygens (including phenoxy) is 3. The van der Waals surface area contributed by atoms with Crippen molar-refractivity contribution in [3.63, 3.8) is 0 Å². The molecule has 2 N–H and O–H groups in total. The van der Waals surface area contributed by atoms with Gasteiger partial charge in [-0.15, -0.1) is 11.8 Å². The van der Waals surface area contributed by atoms with Crippen molar-refractivity contribution in [3.8, 4) is 11.5 Å². The number of amides is 1. The van der Waals surface area contributed by atoms with Crippen LogP contribution >= 0.6 is 23.4 Å². The van der Waals surface area contributed by atoms with Crippen molar-refractivity contribution in [1.29, 1.82) is 0 Å². The molecule has 1 aromatic heterocycles. The van der Waals surface area contributed by atoms with Gasteiger partial charge in [-0.05, 0) is 65.8 Å². The van der Waals surface area contributed by atoms with Crippen LogP contribution in [0.15, 0.2) is 60.9 Å². The van der Waals surface area contributed by atoms with Gasteiger partial charge in [-0.2, -0.15) is 8.78 Å². The Labute approximate surface area is 251 Å². The molecule has 5 rings (SSSR count). The first-order chi connectivity index (χ1) is 20.3. The molecule has 2 aliphatic rings. The summed E-state index contributed by atoms with van der Waals surface area (Å²) in [7, 11) is 0. The number of carbonyl (C=O) groups is 2. The van der Waals surface area contributed by atoms with Gasteiger partial charge in [-0.25, -0.2) is 4.79 Å². The fourth-order valence-electron chi connectivity index (χ4n) is 4.59. The highest BCUT2D eigenvalue weighted by Crippen LogP contribution is 2.38. The van der Waals surface area contributed by atoms with Gasteiger partial charge in [0.1, 0.15) is 6.10 Å². The van der Waals surface area contributed by atoms with E-state index in [1.807, 2.05) is 6.07 Å². The Hall–Kier alpha value is -3.41. The predicted octanol–water partition coefficient (Wildman–Crippen LogP) is 5.63. The van der Waals surface area contributed by atoms with Crippen LogP contribution in [0.2, 0.25) is 5.02 Å². The Balaban J connectivity index is 1.41. The highest BCUT2D eigenvalue weighted by atomic mass is 35.5. The molecule has 1 amide bonds. The molecule has 3 aromatic rings. The Morgan fingerprint density at radius 3 is 2.71 bits per heavy atom. The molecule has 0 spiro atoms. The van der Waals surface area contributed by atoms with Crippen LogP contribution in [-0.4, -0.2) is 52.7 Å². The van der Waals surface area contributed by atoms with Gasteiger partial charge in [0, 0.05) is 43.2 Å². The van der Waals surface area contributed by atoms with E-state index in [-0.39, 0.29) is 30.4 Å². The Morgan fingerprint density at radius 2 is 1.98 bits per heavy atom. The first-order valence-corrected chi connectivity index (χ1v) is 15.0. The minimum Gasteiger partial charge on any atom is -0.489 e. The largest absolute Gasteiger partial charge is 0.489 e. The van der Waals surface area contributed by atoms with Gasteiger partial charge >= 0.3 is 12.6 Å². The molecule has 1 aliphatic heterocycles. The minimum absolute atomic E-state index is 0.107. The van der Waals surface area contributed by atoms with Crippen molar-refractivity contribution in [2.75, 3.05) is 18.9 Å². The smallest absolute Gasteiger partial charge is 0.387 e. The summed E-state index contributed by atoms with van der Waals surface area (Å²) in [4.78, 5) is 32.5. The predicted molar refractivity (Wildman–Crippen MR) is 155 cm³/mol. The standard InChI is InChI=1S/C30H30ClF2N3O5S/c31-23-16-35-9-8-20(23)13-25(21-6-7-24(41-30(32)33)26(14-21)39-17-18-4-5-18)40-29(38)28-36(10-11-42-28)27(37)22-3-1-2-19(12-22)15-34/h1-3,6-9,12,14,16,18,25,28,30H,4-5,10-11,13,15,17,34H2/t25-,28-/m0/s1. The first-order valence-electron chi connectivity index (χ1n) is 13.5.